The smallest absolute Gasteiger partial charge is 0.317 e. The number of carbonyl (C=O) groups is 1. The van der Waals surface area contributed by atoms with Crippen LogP contribution in [0.15, 0.2) is 30.3 Å². The average molecular weight is 197 g/mol. The van der Waals surface area contributed by atoms with Gasteiger partial charge in [0.1, 0.15) is 0 Å². The van der Waals surface area contributed by atoms with Crippen LogP contribution in [0.1, 0.15) is 10.9 Å². The molecule has 13 heavy (non-hydrogen) atoms. The second kappa shape index (κ2) is 4.89. The van der Waals surface area contributed by atoms with Crippen LogP contribution < -0.4 is 5.32 Å². The van der Waals surface area contributed by atoms with Gasteiger partial charge in [-0.3, -0.25) is 10.1 Å². The molecule has 0 amide bonds. The Balaban J connectivity index is 2.49. The van der Waals surface area contributed by atoms with Gasteiger partial charge in [-0.05, 0) is 5.56 Å². The summed E-state index contributed by atoms with van der Waals surface area (Å²) in [7, 11) is 0. The molecule has 1 aromatic rings. The van der Waals surface area contributed by atoms with Crippen LogP contribution in [0.25, 0.3) is 0 Å². The van der Waals surface area contributed by atoms with E-state index in [0.717, 1.165) is 5.56 Å². The molecule has 0 saturated heterocycles. The molecule has 1 atom stereocenters. The molecule has 0 bridgehead atoms. The number of rotatable bonds is 4. The molecule has 1 aromatic carbocycles. The zero-order valence-corrected chi connectivity index (χ0v) is 7.87. The van der Waals surface area contributed by atoms with E-state index >= 15 is 0 Å². The summed E-state index contributed by atoms with van der Waals surface area (Å²) in [5.41, 5.74) is 0.965. The number of benzene rings is 1. The van der Waals surface area contributed by atoms with Crippen molar-refractivity contribution in [3.8, 4) is 0 Å². The van der Waals surface area contributed by atoms with Crippen LogP contribution >= 0.6 is 12.6 Å². The zero-order chi connectivity index (χ0) is 9.68. The van der Waals surface area contributed by atoms with Crippen molar-refractivity contribution in [2.45, 2.75) is 5.37 Å². The highest BCUT2D eigenvalue weighted by atomic mass is 32.1. The first kappa shape index (κ1) is 10.1. The number of carboxylic acids is 1. The van der Waals surface area contributed by atoms with E-state index in [2.05, 4.69) is 17.9 Å². The first-order chi connectivity index (χ1) is 6.20. The molecule has 0 aliphatic rings. The normalized spacial score (nSPS) is 12.4. The third-order valence-corrected chi connectivity index (χ3v) is 2.04. The Morgan fingerprint density at radius 3 is 2.62 bits per heavy atom. The van der Waals surface area contributed by atoms with Gasteiger partial charge in [0.05, 0.1) is 11.9 Å². The first-order valence-electron chi connectivity index (χ1n) is 3.88. The topological polar surface area (TPSA) is 49.3 Å². The predicted octanol–water partition coefficient (Wildman–Crippen LogP) is 1.29. The van der Waals surface area contributed by atoms with Gasteiger partial charge in [0.25, 0.3) is 0 Å². The predicted molar refractivity (Wildman–Crippen MR) is 53.8 cm³/mol. The molecule has 4 heteroatoms. The number of thiol groups is 1. The van der Waals surface area contributed by atoms with Gasteiger partial charge in [-0.15, -0.1) is 0 Å². The Morgan fingerprint density at radius 2 is 2.08 bits per heavy atom. The summed E-state index contributed by atoms with van der Waals surface area (Å²) in [5.74, 6) is -0.880. The molecule has 0 saturated carbocycles. The molecule has 0 spiro atoms. The van der Waals surface area contributed by atoms with Crippen LogP contribution in [-0.2, 0) is 4.79 Å². The first-order valence-corrected chi connectivity index (χ1v) is 4.40. The van der Waals surface area contributed by atoms with Gasteiger partial charge in [-0.25, -0.2) is 0 Å². The molecule has 0 heterocycles. The fourth-order valence-electron chi connectivity index (χ4n) is 0.937. The molecule has 0 radical (unpaired) electrons. The Labute approximate surface area is 82.2 Å². The average Bonchev–Trinajstić information content (AvgIpc) is 2.15. The molecular weight excluding hydrogens is 186 g/mol. The monoisotopic (exact) mass is 197 g/mol. The molecule has 1 rings (SSSR count). The summed E-state index contributed by atoms with van der Waals surface area (Å²) in [6.07, 6.45) is 0. The van der Waals surface area contributed by atoms with Crippen molar-refractivity contribution in [3.63, 3.8) is 0 Å². The lowest BCUT2D eigenvalue weighted by Crippen LogP contribution is -2.24. The second-order valence-corrected chi connectivity index (χ2v) is 3.10. The largest absolute Gasteiger partial charge is 0.480 e. The summed E-state index contributed by atoms with van der Waals surface area (Å²) in [6, 6.07) is 9.47. The molecular formula is C9H11NO2S. The fourth-order valence-corrected chi connectivity index (χ4v) is 1.20. The van der Waals surface area contributed by atoms with Crippen molar-refractivity contribution in [1.82, 2.24) is 5.32 Å². The summed E-state index contributed by atoms with van der Waals surface area (Å²) in [6.45, 7) is -0.0803. The SMILES string of the molecule is O=C(O)CNC(S)c1ccccc1. The fraction of sp³-hybridized carbons (Fsp3) is 0.222. The highest BCUT2D eigenvalue weighted by molar-refractivity contribution is 7.80. The van der Waals surface area contributed by atoms with E-state index < -0.39 is 5.97 Å². The van der Waals surface area contributed by atoms with E-state index in [1.54, 1.807) is 0 Å². The highest BCUT2D eigenvalue weighted by Crippen LogP contribution is 2.14. The van der Waals surface area contributed by atoms with Gasteiger partial charge in [-0.1, -0.05) is 30.3 Å². The summed E-state index contributed by atoms with van der Waals surface area (Å²) in [4.78, 5) is 10.2. The number of carboxylic acid groups (broad SMARTS) is 1. The van der Waals surface area contributed by atoms with Crippen LogP contribution in [0.5, 0.6) is 0 Å². The van der Waals surface area contributed by atoms with Crippen LogP contribution in [0.4, 0.5) is 0 Å². The van der Waals surface area contributed by atoms with Crippen molar-refractivity contribution in [2.75, 3.05) is 6.54 Å². The summed E-state index contributed by atoms with van der Waals surface area (Å²) >= 11 is 4.22. The maximum Gasteiger partial charge on any atom is 0.317 e. The van der Waals surface area contributed by atoms with Gasteiger partial charge in [0, 0.05) is 0 Å². The van der Waals surface area contributed by atoms with Crippen LogP contribution in [0.3, 0.4) is 0 Å². The summed E-state index contributed by atoms with van der Waals surface area (Å²) < 4.78 is 0. The lowest BCUT2D eigenvalue weighted by molar-refractivity contribution is -0.136. The number of aliphatic carboxylic acids is 1. The minimum atomic E-state index is -0.880. The van der Waals surface area contributed by atoms with Crippen LogP contribution in [0, 0.1) is 0 Å². The van der Waals surface area contributed by atoms with E-state index in [4.69, 9.17) is 5.11 Å². The van der Waals surface area contributed by atoms with Crippen LogP contribution in [-0.4, -0.2) is 17.6 Å². The number of hydrogen-bond donors (Lipinski definition) is 3. The van der Waals surface area contributed by atoms with Crippen molar-refractivity contribution in [2.24, 2.45) is 0 Å². The number of hydrogen-bond acceptors (Lipinski definition) is 3. The maximum atomic E-state index is 10.2. The molecule has 0 fully saturated rings. The van der Waals surface area contributed by atoms with Crippen molar-refractivity contribution >= 4 is 18.6 Å². The molecule has 70 valence electrons. The van der Waals surface area contributed by atoms with Gasteiger partial charge < -0.3 is 5.11 Å². The summed E-state index contributed by atoms with van der Waals surface area (Å²) in [5, 5.41) is 11.0. The van der Waals surface area contributed by atoms with E-state index in [0.29, 0.717) is 0 Å². The van der Waals surface area contributed by atoms with E-state index in [1.165, 1.54) is 0 Å². The van der Waals surface area contributed by atoms with E-state index in [-0.39, 0.29) is 11.9 Å². The zero-order valence-electron chi connectivity index (χ0n) is 6.97. The molecule has 1 unspecified atom stereocenters. The minimum absolute atomic E-state index is 0.0803. The van der Waals surface area contributed by atoms with Crippen molar-refractivity contribution in [3.05, 3.63) is 35.9 Å². The molecule has 2 N–H and O–H groups in total. The van der Waals surface area contributed by atoms with Gasteiger partial charge in [0.2, 0.25) is 0 Å². The maximum absolute atomic E-state index is 10.2. The third kappa shape index (κ3) is 3.48. The number of nitrogens with one attached hydrogen (secondary N) is 1. The molecule has 0 aromatic heterocycles. The van der Waals surface area contributed by atoms with Crippen molar-refractivity contribution in [1.29, 1.82) is 0 Å². The lowest BCUT2D eigenvalue weighted by atomic mass is 10.2. The van der Waals surface area contributed by atoms with Crippen LogP contribution in [0.2, 0.25) is 0 Å². The van der Waals surface area contributed by atoms with Gasteiger partial charge >= 0.3 is 5.97 Å². The van der Waals surface area contributed by atoms with E-state index in [9.17, 15) is 4.79 Å². The Kier molecular flexibility index (Phi) is 3.79. The van der Waals surface area contributed by atoms with E-state index in [1.807, 2.05) is 30.3 Å². The van der Waals surface area contributed by atoms with Crippen molar-refractivity contribution < 1.29 is 9.90 Å². The van der Waals surface area contributed by atoms with Gasteiger partial charge in [-0.2, -0.15) is 12.6 Å². The molecule has 0 aliphatic heterocycles. The third-order valence-electron chi connectivity index (χ3n) is 1.56. The Hall–Kier alpha value is -1.00. The Morgan fingerprint density at radius 1 is 1.46 bits per heavy atom. The van der Waals surface area contributed by atoms with Gasteiger partial charge in [0.15, 0.2) is 0 Å². The quantitative estimate of drug-likeness (QED) is 0.503. The second-order valence-electron chi connectivity index (χ2n) is 2.59. The molecule has 3 nitrogen and oxygen atoms in total. The lowest BCUT2D eigenvalue weighted by Gasteiger charge is -2.10. The standard InChI is InChI=1S/C9H11NO2S/c11-8(12)6-10-9(13)7-4-2-1-3-5-7/h1-5,9-10,13H,6H2,(H,11,12). The highest BCUT2D eigenvalue weighted by Gasteiger charge is 2.05. The molecule has 0 aliphatic carbocycles. The Bertz CT molecular complexity index is 276. The minimum Gasteiger partial charge on any atom is -0.480 e.